The Kier molecular flexibility index (Phi) is 22.1. The molecule has 258 valence electrons. The predicted octanol–water partition coefficient (Wildman–Crippen LogP) is 11.0. The van der Waals surface area contributed by atoms with Gasteiger partial charge in [-0.3, -0.25) is 9.78 Å². The van der Waals surface area contributed by atoms with Crippen molar-refractivity contribution < 1.29 is 9.90 Å². The van der Waals surface area contributed by atoms with Gasteiger partial charge in [0, 0.05) is 29.5 Å². The number of carbonyl (C=O) groups is 1. The number of nitrogens with zero attached hydrogens (tertiary/aromatic N) is 2. The number of ketones is 1. The van der Waals surface area contributed by atoms with E-state index < -0.39 is 0 Å². The lowest BCUT2D eigenvalue weighted by molar-refractivity contribution is -0.111. The third kappa shape index (κ3) is 15.0. The van der Waals surface area contributed by atoms with Crippen molar-refractivity contribution in [3.63, 3.8) is 0 Å². The number of hydrogen-bond donors (Lipinski definition) is 3. The van der Waals surface area contributed by atoms with Crippen LogP contribution in [0.3, 0.4) is 0 Å². The zero-order valence-corrected chi connectivity index (χ0v) is 31.2. The normalized spacial score (nSPS) is 14.0. The fourth-order valence-electron chi connectivity index (χ4n) is 5.30. The Labute approximate surface area is 286 Å². The molecule has 1 aromatic carbocycles. The summed E-state index contributed by atoms with van der Waals surface area (Å²) in [5, 5.41) is 13.8. The number of Topliss-reactive ketones (excluding diaryl/α,β-unsaturated/α-hetero) is 1. The van der Waals surface area contributed by atoms with Crippen molar-refractivity contribution in [2.45, 2.75) is 114 Å². The molecule has 2 aliphatic rings. The Morgan fingerprint density at radius 3 is 2.15 bits per heavy atom. The number of anilines is 1. The third-order valence-electron chi connectivity index (χ3n) is 7.35. The van der Waals surface area contributed by atoms with Gasteiger partial charge in [0.2, 0.25) is 0 Å². The summed E-state index contributed by atoms with van der Waals surface area (Å²) in [5.74, 6) is 0.823. The quantitative estimate of drug-likeness (QED) is 0.272. The van der Waals surface area contributed by atoms with Crippen LogP contribution in [0.25, 0.3) is 5.57 Å². The first-order chi connectivity index (χ1) is 22.6. The van der Waals surface area contributed by atoms with Gasteiger partial charge in [-0.25, -0.2) is 4.99 Å². The summed E-state index contributed by atoms with van der Waals surface area (Å²) in [7, 11) is 1.50. The van der Waals surface area contributed by atoms with Gasteiger partial charge in [-0.2, -0.15) is 0 Å². The summed E-state index contributed by atoms with van der Waals surface area (Å²) in [6.07, 6.45) is 16.0. The molecule has 1 aliphatic heterocycles. The summed E-state index contributed by atoms with van der Waals surface area (Å²) in [6.45, 7) is 23.5. The van der Waals surface area contributed by atoms with Crippen LogP contribution in [0.4, 0.5) is 5.69 Å². The largest absolute Gasteiger partial charge is 0.507 e. The van der Waals surface area contributed by atoms with Gasteiger partial charge in [-0.1, -0.05) is 82.5 Å². The molecule has 2 aromatic rings. The molecular weight excluding hydrogens is 580 g/mol. The molecule has 47 heavy (non-hydrogen) atoms. The molecule has 0 bridgehead atoms. The Morgan fingerprint density at radius 1 is 1.00 bits per heavy atom. The molecule has 1 fully saturated rings. The fourth-order valence-corrected chi connectivity index (χ4v) is 5.30. The van der Waals surface area contributed by atoms with E-state index in [2.05, 4.69) is 54.5 Å². The van der Waals surface area contributed by atoms with Gasteiger partial charge < -0.3 is 16.2 Å². The number of rotatable bonds is 6. The van der Waals surface area contributed by atoms with Crippen molar-refractivity contribution >= 4 is 22.9 Å². The van der Waals surface area contributed by atoms with E-state index in [0.717, 1.165) is 40.3 Å². The highest BCUT2D eigenvalue weighted by Gasteiger charge is 2.18. The summed E-state index contributed by atoms with van der Waals surface area (Å²) in [5.41, 5.74) is 14.3. The Hall–Kier alpha value is -4.03. The van der Waals surface area contributed by atoms with Crippen molar-refractivity contribution in [2.24, 2.45) is 10.7 Å². The van der Waals surface area contributed by atoms with Gasteiger partial charge in [0.25, 0.3) is 0 Å². The minimum Gasteiger partial charge on any atom is -0.507 e. The van der Waals surface area contributed by atoms with Crippen molar-refractivity contribution in [1.82, 2.24) is 4.98 Å². The maximum Gasteiger partial charge on any atom is 0.160 e. The number of amidine groups is 1. The lowest BCUT2D eigenvalue weighted by atomic mass is 9.91. The zero-order valence-electron chi connectivity index (χ0n) is 31.2. The van der Waals surface area contributed by atoms with Crippen molar-refractivity contribution in [2.75, 3.05) is 12.4 Å². The van der Waals surface area contributed by atoms with Crippen LogP contribution in [0.1, 0.15) is 117 Å². The molecule has 4 N–H and O–H groups in total. The average molecular weight is 643 g/mol. The molecule has 0 spiro atoms. The number of aryl methyl sites for hydroxylation is 2. The van der Waals surface area contributed by atoms with Crippen LogP contribution in [0.15, 0.2) is 94.3 Å². The van der Waals surface area contributed by atoms with Crippen LogP contribution in [0.2, 0.25) is 0 Å². The number of nitrogens with one attached hydrogen (secondary N) is 1. The van der Waals surface area contributed by atoms with Gasteiger partial charge in [-0.15, -0.1) is 0 Å². The summed E-state index contributed by atoms with van der Waals surface area (Å²) < 4.78 is 0. The molecular formula is C41H62N4O2. The van der Waals surface area contributed by atoms with Crippen molar-refractivity contribution in [1.29, 1.82) is 0 Å². The minimum atomic E-state index is -0.101. The second-order valence-corrected chi connectivity index (χ2v) is 11.1. The van der Waals surface area contributed by atoms with Gasteiger partial charge in [0.15, 0.2) is 5.78 Å². The van der Waals surface area contributed by atoms with Crippen molar-refractivity contribution in [3.8, 4) is 5.75 Å². The Morgan fingerprint density at radius 2 is 1.64 bits per heavy atom. The third-order valence-corrected chi connectivity index (χ3v) is 7.35. The standard InChI is InChI=1S/C26H29N3O2.C10H16.2C2H6.CH5N/c1-6-22-17(3)12-25(29-21-11-10-18(4)27-15-21)28-14-20(22)13-23(19(5)30)26-16(2)8-7-9-24(26)31;1-9(2)8-10-6-4-3-5-7-10;3*1-2/h7-11,13-15,31H,6,12H2,1-5H3,(H,28,29);8H,1,3-7H2,2H3;2*1-2H3;2H2,1H3/b23-13+;;;;. The van der Waals surface area contributed by atoms with Crippen LogP contribution in [0.5, 0.6) is 5.75 Å². The van der Waals surface area contributed by atoms with E-state index in [0.29, 0.717) is 17.6 Å². The summed E-state index contributed by atoms with van der Waals surface area (Å²) >= 11 is 0. The van der Waals surface area contributed by atoms with Gasteiger partial charge >= 0.3 is 0 Å². The topological polar surface area (TPSA) is 101 Å². The SMILES string of the molecule is C=C(C)C=C1CCCCC1.CC.CC.CCC1=C(C)CC(Nc2ccc(C)nc2)=NC=C1/C=C(\C(C)=O)c1c(C)cccc1O.CN. The number of aliphatic imine (C=N–C) groups is 1. The van der Waals surface area contributed by atoms with E-state index in [1.807, 2.05) is 65.8 Å². The smallest absolute Gasteiger partial charge is 0.160 e. The van der Waals surface area contributed by atoms with Crippen LogP contribution in [0, 0.1) is 13.8 Å². The number of pyridine rings is 1. The molecule has 0 atom stereocenters. The monoisotopic (exact) mass is 642 g/mol. The second kappa shape index (κ2) is 24.2. The van der Waals surface area contributed by atoms with Gasteiger partial charge in [-0.05, 0) is 115 Å². The number of phenolic OH excluding ortho intramolecular Hbond substituents is 1. The molecule has 6 nitrogen and oxygen atoms in total. The lowest BCUT2D eigenvalue weighted by Gasteiger charge is -2.14. The first kappa shape index (κ1) is 43.0. The Balaban J connectivity index is 0.00000110. The highest BCUT2D eigenvalue weighted by Crippen LogP contribution is 2.33. The zero-order chi connectivity index (χ0) is 35.9. The summed E-state index contributed by atoms with van der Waals surface area (Å²) in [4.78, 5) is 21.5. The number of aromatic nitrogens is 1. The number of allylic oxidation sites excluding steroid dienone is 7. The van der Waals surface area contributed by atoms with E-state index in [-0.39, 0.29) is 11.5 Å². The molecule has 4 rings (SSSR count). The molecule has 2 heterocycles. The average Bonchev–Trinajstić information content (AvgIpc) is 3.21. The van der Waals surface area contributed by atoms with E-state index in [9.17, 15) is 9.90 Å². The lowest BCUT2D eigenvalue weighted by Crippen LogP contribution is -2.12. The number of carbonyl (C=O) groups excluding carboxylic acids is 1. The van der Waals surface area contributed by atoms with Gasteiger partial charge in [0.05, 0.1) is 11.9 Å². The van der Waals surface area contributed by atoms with Gasteiger partial charge in [0.1, 0.15) is 11.6 Å². The number of aromatic hydroxyl groups is 1. The second-order valence-electron chi connectivity index (χ2n) is 11.1. The molecule has 1 aromatic heterocycles. The summed E-state index contributed by atoms with van der Waals surface area (Å²) in [6, 6.07) is 9.22. The first-order valence-electron chi connectivity index (χ1n) is 17.2. The first-order valence-corrected chi connectivity index (χ1v) is 17.2. The van der Waals surface area contributed by atoms with Crippen LogP contribution in [-0.2, 0) is 4.79 Å². The van der Waals surface area contributed by atoms with E-state index in [4.69, 9.17) is 0 Å². The van der Waals surface area contributed by atoms with Crippen LogP contribution < -0.4 is 11.1 Å². The fraction of sp³-hybridized carbons (Fsp3) is 0.439. The molecule has 0 saturated heterocycles. The molecule has 1 aliphatic carbocycles. The molecule has 0 radical (unpaired) electrons. The maximum atomic E-state index is 12.5. The molecule has 0 amide bonds. The highest BCUT2D eigenvalue weighted by molar-refractivity contribution is 6.21. The highest BCUT2D eigenvalue weighted by atomic mass is 16.3. The van der Waals surface area contributed by atoms with Crippen LogP contribution >= 0.6 is 0 Å². The molecule has 1 saturated carbocycles. The van der Waals surface area contributed by atoms with E-state index in [1.54, 1.807) is 30.1 Å². The number of hydrogen-bond acceptors (Lipinski definition) is 6. The maximum absolute atomic E-state index is 12.5. The predicted molar refractivity (Wildman–Crippen MR) is 206 cm³/mol. The number of phenols is 1. The van der Waals surface area contributed by atoms with E-state index >= 15 is 0 Å². The van der Waals surface area contributed by atoms with Crippen LogP contribution in [-0.4, -0.2) is 28.8 Å². The molecule has 6 heteroatoms. The van der Waals surface area contributed by atoms with E-state index in [1.165, 1.54) is 57.2 Å². The number of nitrogens with two attached hydrogens (primary N) is 1. The Bertz CT molecular complexity index is 1400. The minimum absolute atomic E-state index is 0.101. The number of benzene rings is 1. The van der Waals surface area contributed by atoms with Crippen molar-refractivity contribution in [3.05, 3.63) is 106 Å². The molecule has 0 unspecified atom stereocenters.